The monoisotopic (exact) mass is 259 g/mol. The molecule has 2 heterocycles. The molecule has 0 fully saturated rings. The van der Waals surface area contributed by atoms with Gasteiger partial charge in [-0.3, -0.25) is 0 Å². The molecule has 1 aliphatic rings. The van der Waals surface area contributed by atoms with Gasteiger partial charge in [-0.2, -0.15) is 0 Å². The number of anilines is 1. The first-order valence-electron chi connectivity index (χ1n) is 6.48. The molecule has 0 saturated carbocycles. The van der Waals surface area contributed by atoms with Crippen molar-refractivity contribution < 1.29 is 9.26 Å². The first kappa shape index (κ1) is 12.0. The zero-order valence-corrected chi connectivity index (χ0v) is 10.7. The summed E-state index contributed by atoms with van der Waals surface area (Å²) in [6.45, 7) is 2.78. The molecule has 5 heteroatoms. The molecule has 0 amide bonds. The summed E-state index contributed by atoms with van der Waals surface area (Å²) in [5.41, 5.74) is 7.43. The van der Waals surface area contributed by atoms with Crippen LogP contribution in [0, 0.1) is 0 Å². The fourth-order valence-electron chi connectivity index (χ4n) is 2.28. The molecule has 1 aliphatic heterocycles. The molecule has 1 aromatic heterocycles. The van der Waals surface area contributed by atoms with Crippen molar-refractivity contribution in [2.24, 2.45) is 5.73 Å². The van der Waals surface area contributed by atoms with Gasteiger partial charge in [0.05, 0.1) is 24.5 Å². The van der Waals surface area contributed by atoms with E-state index in [1.807, 2.05) is 24.3 Å². The quantitative estimate of drug-likeness (QED) is 0.912. The normalized spacial score (nSPS) is 14.7. The highest BCUT2D eigenvalue weighted by molar-refractivity contribution is 5.58. The standard InChI is InChI=1S/C14H17N3O2/c15-9-11-8-12(19-16-11)10-17-6-3-7-18-14-5-2-1-4-13(14)17/h1-2,4-5,8H,3,6-7,9-10,15H2. The predicted molar refractivity (Wildman–Crippen MR) is 72.0 cm³/mol. The van der Waals surface area contributed by atoms with E-state index in [2.05, 4.69) is 16.1 Å². The largest absolute Gasteiger partial charge is 0.491 e. The molecule has 0 unspecified atom stereocenters. The van der Waals surface area contributed by atoms with E-state index < -0.39 is 0 Å². The van der Waals surface area contributed by atoms with Crippen LogP contribution in [-0.4, -0.2) is 18.3 Å². The average Bonchev–Trinajstić information content (AvgIpc) is 2.80. The van der Waals surface area contributed by atoms with Crippen LogP contribution in [0.4, 0.5) is 5.69 Å². The van der Waals surface area contributed by atoms with Gasteiger partial charge < -0.3 is 19.9 Å². The summed E-state index contributed by atoms with van der Waals surface area (Å²) in [7, 11) is 0. The molecule has 2 aromatic rings. The van der Waals surface area contributed by atoms with Gasteiger partial charge in [-0.15, -0.1) is 0 Å². The maximum Gasteiger partial charge on any atom is 0.156 e. The Morgan fingerprint density at radius 1 is 1.32 bits per heavy atom. The molecular weight excluding hydrogens is 242 g/mol. The zero-order valence-electron chi connectivity index (χ0n) is 10.7. The van der Waals surface area contributed by atoms with Crippen LogP contribution >= 0.6 is 0 Å². The fourth-order valence-corrected chi connectivity index (χ4v) is 2.28. The van der Waals surface area contributed by atoms with Gasteiger partial charge in [0.2, 0.25) is 0 Å². The van der Waals surface area contributed by atoms with Crippen LogP contribution in [0.25, 0.3) is 0 Å². The predicted octanol–water partition coefficient (Wildman–Crippen LogP) is 1.92. The Morgan fingerprint density at radius 2 is 2.21 bits per heavy atom. The Labute approximate surface area is 111 Å². The van der Waals surface area contributed by atoms with Gasteiger partial charge in [0, 0.05) is 19.2 Å². The molecule has 0 bridgehead atoms. The van der Waals surface area contributed by atoms with Crippen molar-refractivity contribution in [1.29, 1.82) is 0 Å². The molecule has 0 saturated heterocycles. The number of benzene rings is 1. The van der Waals surface area contributed by atoms with Crippen LogP contribution in [0.2, 0.25) is 0 Å². The number of nitrogens with two attached hydrogens (primary N) is 1. The van der Waals surface area contributed by atoms with E-state index in [4.69, 9.17) is 15.0 Å². The lowest BCUT2D eigenvalue weighted by atomic mass is 10.2. The van der Waals surface area contributed by atoms with E-state index in [0.29, 0.717) is 13.1 Å². The van der Waals surface area contributed by atoms with Crippen molar-refractivity contribution in [2.75, 3.05) is 18.1 Å². The van der Waals surface area contributed by atoms with Crippen molar-refractivity contribution in [1.82, 2.24) is 5.16 Å². The van der Waals surface area contributed by atoms with Crippen molar-refractivity contribution in [3.05, 3.63) is 41.8 Å². The van der Waals surface area contributed by atoms with Crippen molar-refractivity contribution in [3.63, 3.8) is 0 Å². The molecule has 1 aromatic carbocycles. The van der Waals surface area contributed by atoms with Gasteiger partial charge in [-0.05, 0) is 18.6 Å². The van der Waals surface area contributed by atoms with E-state index in [1.54, 1.807) is 0 Å². The molecule has 0 radical (unpaired) electrons. The number of aromatic nitrogens is 1. The number of fused-ring (bicyclic) bond motifs is 1. The third-order valence-electron chi connectivity index (χ3n) is 3.20. The number of hydrogen-bond acceptors (Lipinski definition) is 5. The Balaban J connectivity index is 1.83. The smallest absolute Gasteiger partial charge is 0.156 e. The molecule has 19 heavy (non-hydrogen) atoms. The van der Waals surface area contributed by atoms with Gasteiger partial charge >= 0.3 is 0 Å². The second-order valence-electron chi connectivity index (χ2n) is 4.58. The molecule has 3 rings (SSSR count). The molecule has 0 atom stereocenters. The van der Waals surface area contributed by atoms with E-state index in [0.717, 1.165) is 42.5 Å². The summed E-state index contributed by atoms with van der Waals surface area (Å²) in [6.07, 6.45) is 0.993. The minimum atomic E-state index is 0.406. The minimum Gasteiger partial charge on any atom is -0.491 e. The van der Waals surface area contributed by atoms with E-state index >= 15 is 0 Å². The number of ether oxygens (including phenoxy) is 1. The molecule has 5 nitrogen and oxygen atoms in total. The summed E-state index contributed by atoms with van der Waals surface area (Å²) < 4.78 is 11.0. The Kier molecular flexibility index (Phi) is 3.37. The van der Waals surface area contributed by atoms with Crippen LogP contribution in [0.1, 0.15) is 17.9 Å². The van der Waals surface area contributed by atoms with Crippen LogP contribution in [0.15, 0.2) is 34.9 Å². The van der Waals surface area contributed by atoms with Gasteiger partial charge in [-0.25, -0.2) is 0 Å². The highest BCUT2D eigenvalue weighted by atomic mass is 16.5. The van der Waals surface area contributed by atoms with Crippen LogP contribution < -0.4 is 15.4 Å². The third-order valence-corrected chi connectivity index (χ3v) is 3.20. The number of hydrogen-bond donors (Lipinski definition) is 1. The molecule has 0 aliphatic carbocycles. The van der Waals surface area contributed by atoms with Gasteiger partial charge in [0.1, 0.15) is 5.75 Å². The lowest BCUT2D eigenvalue weighted by Gasteiger charge is -2.22. The second-order valence-corrected chi connectivity index (χ2v) is 4.58. The number of rotatable bonds is 3. The van der Waals surface area contributed by atoms with Gasteiger partial charge in [0.15, 0.2) is 5.76 Å². The second kappa shape index (κ2) is 5.32. The van der Waals surface area contributed by atoms with E-state index in [-0.39, 0.29) is 0 Å². The molecular formula is C14H17N3O2. The molecule has 2 N–H and O–H groups in total. The van der Waals surface area contributed by atoms with Gasteiger partial charge in [-0.1, -0.05) is 17.3 Å². The van der Waals surface area contributed by atoms with Crippen LogP contribution in [-0.2, 0) is 13.1 Å². The lowest BCUT2D eigenvalue weighted by molar-refractivity contribution is 0.322. The maximum absolute atomic E-state index is 5.73. The van der Waals surface area contributed by atoms with Gasteiger partial charge in [0.25, 0.3) is 0 Å². The Morgan fingerprint density at radius 3 is 3.05 bits per heavy atom. The van der Waals surface area contributed by atoms with Crippen molar-refractivity contribution in [3.8, 4) is 5.75 Å². The SMILES string of the molecule is NCc1cc(CN2CCCOc3ccccc32)on1. The summed E-state index contributed by atoms with van der Waals surface area (Å²) >= 11 is 0. The molecule has 100 valence electrons. The maximum atomic E-state index is 5.73. The summed E-state index contributed by atoms with van der Waals surface area (Å²) in [5, 5.41) is 3.92. The fraction of sp³-hybridized carbons (Fsp3) is 0.357. The highest BCUT2D eigenvalue weighted by Crippen LogP contribution is 2.31. The summed E-state index contributed by atoms with van der Waals surface area (Å²) in [4.78, 5) is 2.25. The Hall–Kier alpha value is -2.01. The third kappa shape index (κ3) is 2.56. The van der Waals surface area contributed by atoms with Crippen molar-refractivity contribution in [2.45, 2.75) is 19.5 Å². The van der Waals surface area contributed by atoms with Crippen LogP contribution in [0.5, 0.6) is 5.75 Å². The minimum absolute atomic E-state index is 0.406. The van der Waals surface area contributed by atoms with Crippen LogP contribution in [0.3, 0.4) is 0 Å². The first-order chi connectivity index (χ1) is 9.36. The highest BCUT2D eigenvalue weighted by Gasteiger charge is 2.17. The summed E-state index contributed by atoms with van der Waals surface area (Å²) in [6, 6.07) is 9.99. The molecule has 0 spiro atoms. The van der Waals surface area contributed by atoms with E-state index in [1.165, 1.54) is 0 Å². The van der Waals surface area contributed by atoms with E-state index in [9.17, 15) is 0 Å². The van der Waals surface area contributed by atoms with Crippen molar-refractivity contribution >= 4 is 5.69 Å². The Bertz CT molecular complexity index is 553. The number of para-hydroxylation sites is 2. The lowest BCUT2D eigenvalue weighted by Crippen LogP contribution is -2.22. The zero-order chi connectivity index (χ0) is 13.1. The average molecular weight is 259 g/mol. The first-order valence-corrected chi connectivity index (χ1v) is 6.48. The topological polar surface area (TPSA) is 64.5 Å². The number of nitrogens with zero attached hydrogens (tertiary/aromatic N) is 2. The summed E-state index contributed by atoms with van der Waals surface area (Å²) in [5.74, 6) is 1.76.